The maximum Gasteiger partial charge on any atom is 0.326 e. The molecular weight excluding hydrogens is 307 g/mol. The Balaban J connectivity index is 1.93. The van der Waals surface area contributed by atoms with Crippen molar-refractivity contribution >= 4 is 11.7 Å². The Kier molecular flexibility index (Phi) is 4.62. The van der Waals surface area contributed by atoms with Gasteiger partial charge in [-0.25, -0.2) is 9.82 Å². The molecule has 2 aromatic rings. The molecule has 0 aromatic heterocycles. The molecule has 0 radical (unpaired) electrons. The van der Waals surface area contributed by atoms with Crippen LogP contribution >= 0.6 is 0 Å². The molecule has 0 saturated carbocycles. The molecule has 4 nitrogen and oxygen atoms in total. The van der Waals surface area contributed by atoms with E-state index in [4.69, 9.17) is 4.74 Å². The Morgan fingerprint density at radius 2 is 2.00 bits per heavy atom. The molecule has 0 spiro atoms. The summed E-state index contributed by atoms with van der Waals surface area (Å²) in [6.45, 7) is 1.83. The van der Waals surface area contributed by atoms with Gasteiger partial charge in [-0.15, -0.1) is 0 Å². The van der Waals surface area contributed by atoms with Crippen LogP contribution in [0.5, 0.6) is 0 Å². The van der Waals surface area contributed by atoms with Crippen LogP contribution in [0.2, 0.25) is 0 Å². The summed E-state index contributed by atoms with van der Waals surface area (Å²) in [5, 5.41) is 1.77. The minimum atomic E-state index is -0.333. The Morgan fingerprint density at radius 3 is 2.67 bits per heavy atom. The molecule has 0 saturated heterocycles. The molecule has 1 atom stereocenters. The average Bonchev–Trinajstić information content (AvgIpc) is 3.01. The van der Waals surface area contributed by atoms with Crippen molar-refractivity contribution in [3.63, 3.8) is 0 Å². The molecule has 1 aliphatic rings. The number of hydrazine groups is 1. The van der Waals surface area contributed by atoms with Gasteiger partial charge in [0.15, 0.2) is 0 Å². The third kappa shape index (κ3) is 3.31. The van der Waals surface area contributed by atoms with Gasteiger partial charge < -0.3 is 4.74 Å². The summed E-state index contributed by atoms with van der Waals surface area (Å²) in [6, 6.07) is 14.7. The lowest BCUT2D eigenvalue weighted by Gasteiger charge is -2.23. The predicted molar refractivity (Wildman–Crippen MR) is 90.2 cm³/mol. The van der Waals surface area contributed by atoms with E-state index in [0.29, 0.717) is 5.56 Å². The first-order valence-electron chi connectivity index (χ1n) is 7.72. The van der Waals surface area contributed by atoms with Gasteiger partial charge in [0.25, 0.3) is 0 Å². The van der Waals surface area contributed by atoms with Crippen molar-refractivity contribution in [1.82, 2.24) is 10.4 Å². The maximum absolute atomic E-state index is 13.5. The van der Waals surface area contributed by atoms with Crippen molar-refractivity contribution in [1.29, 1.82) is 0 Å². The van der Waals surface area contributed by atoms with Gasteiger partial charge in [0.1, 0.15) is 12.4 Å². The van der Waals surface area contributed by atoms with Gasteiger partial charge in [-0.1, -0.05) is 42.5 Å². The van der Waals surface area contributed by atoms with Crippen molar-refractivity contribution in [3.8, 4) is 0 Å². The SMILES string of the molecule is COC(=O)CN1NC(c2ccc(F)c(C)c2)C=C1c1ccccc1. The molecule has 1 aliphatic heterocycles. The van der Waals surface area contributed by atoms with Crippen LogP contribution in [0.3, 0.4) is 0 Å². The number of methoxy groups -OCH3 is 1. The van der Waals surface area contributed by atoms with Crippen molar-refractivity contribution in [2.24, 2.45) is 0 Å². The summed E-state index contributed by atoms with van der Waals surface area (Å²) >= 11 is 0. The van der Waals surface area contributed by atoms with Crippen LogP contribution in [0.25, 0.3) is 5.70 Å². The molecule has 0 aliphatic carbocycles. The number of hydrogen-bond donors (Lipinski definition) is 1. The van der Waals surface area contributed by atoms with Crippen LogP contribution in [-0.4, -0.2) is 24.6 Å². The quantitative estimate of drug-likeness (QED) is 0.876. The van der Waals surface area contributed by atoms with Crippen LogP contribution in [0.1, 0.15) is 22.7 Å². The van der Waals surface area contributed by atoms with E-state index in [1.54, 1.807) is 18.0 Å². The molecule has 0 bridgehead atoms. The van der Waals surface area contributed by atoms with Gasteiger partial charge in [-0.05, 0) is 35.8 Å². The fourth-order valence-corrected chi connectivity index (χ4v) is 2.74. The number of rotatable bonds is 4. The highest BCUT2D eigenvalue weighted by Crippen LogP contribution is 2.31. The number of halogens is 1. The third-order valence-electron chi connectivity index (χ3n) is 4.04. The van der Waals surface area contributed by atoms with Crippen LogP contribution in [0.15, 0.2) is 54.6 Å². The zero-order chi connectivity index (χ0) is 17.1. The lowest BCUT2D eigenvalue weighted by atomic mass is 10.0. The fourth-order valence-electron chi connectivity index (χ4n) is 2.74. The second-order valence-electron chi connectivity index (χ2n) is 5.70. The van der Waals surface area contributed by atoms with Gasteiger partial charge in [-0.3, -0.25) is 9.80 Å². The van der Waals surface area contributed by atoms with Gasteiger partial charge in [-0.2, -0.15) is 0 Å². The summed E-state index contributed by atoms with van der Waals surface area (Å²) in [6.07, 6.45) is 2.03. The second kappa shape index (κ2) is 6.84. The first-order valence-corrected chi connectivity index (χ1v) is 7.72. The minimum absolute atomic E-state index is 0.0912. The average molecular weight is 326 g/mol. The lowest BCUT2D eigenvalue weighted by Crippen LogP contribution is -2.37. The molecule has 24 heavy (non-hydrogen) atoms. The minimum Gasteiger partial charge on any atom is -0.468 e. The predicted octanol–water partition coefficient (Wildman–Crippen LogP) is 3.21. The number of carbonyl (C=O) groups excluding carboxylic acids is 1. The summed E-state index contributed by atoms with van der Waals surface area (Å²) in [7, 11) is 1.37. The normalized spacial score (nSPS) is 16.9. The molecule has 0 fully saturated rings. The van der Waals surface area contributed by atoms with E-state index in [9.17, 15) is 9.18 Å². The van der Waals surface area contributed by atoms with Crippen molar-refractivity contribution < 1.29 is 13.9 Å². The molecule has 0 amide bonds. The zero-order valence-corrected chi connectivity index (χ0v) is 13.6. The van der Waals surface area contributed by atoms with Crippen LogP contribution in [0, 0.1) is 12.7 Å². The summed E-state index contributed by atoms with van der Waals surface area (Å²) in [4.78, 5) is 11.7. The van der Waals surface area contributed by atoms with E-state index < -0.39 is 0 Å². The monoisotopic (exact) mass is 326 g/mol. The number of nitrogens with one attached hydrogen (secondary N) is 1. The highest BCUT2D eigenvalue weighted by molar-refractivity contribution is 5.76. The number of nitrogens with zero attached hydrogens (tertiary/aromatic N) is 1. The number of ether oxygens (including phenoxy) is 1. The number of esters is 1. The number of carbonyl (C=O) groups is 1. The summed E-state index contributed by atoms with van der Waals surface area (Å²) in [5.74, 6) is -0.560. The van der Waals surface area contributed by atoms with E-state index >= 15 is 0 Å². The van der Waals surface area contributed by atoms with Gasteiger partial charge in [0.2, 0.25) is 0 Å². The van der Waals surface area contributed by atoms with Crippen molar-refractivity contribution in [2.45, 2.75) is 13.0 Å². The van der Waals surface area contributed by atoms with Crippen LogP contribution in [0.4, 0.5) is 4.39 Å². The Morgan fingerprint density at radius 1 is 1.25 bits per heavy atom. The molecule has 1 heterocycles. The number of benzene rings is 2. The Bertz CT molecular complexity index is 774. The van der Waals surface area contributed by atoms with Crippen LogP contribution in [-0.2, 0) is 9.53 Å². The molecule has 2 aromatic carbocycles. The first kappa shape index (κ1) is 16.2. The fraction of sp³-hybridized carbons (Fsp3) is 0.211. The largest absolute Gasteiger partial charge is 0.468 e. The molecule has 1 N–H and O–H groups in total. The first-order chi connectivity index (χ1) is 11.6. The molecule has 5 heteroatoms. The lowest BCUT2D eigenvalue weighted by molar-refractivity contribution is -0.141. The van der Waals surface area contributed by atoms with E-state index in [1.807, 2.05) is 42.5 Å². The summed E-state index contributed by atoms with van der Waals surface area (Å²) in [5.41, 5.74) is 6.71. The van der Waals surface area contributed by atoms with Crippen LogP contribution < -0.4 is 5.43 Å². The Labute approximate surface area is 140 Å². The standard InChI is InChI=1S/C19H19FN2O2/c1-13-10-15(8-9-16(13)20)17-11-18(14-6-4-3-5-7-14)22(21-17)12-19(23)24-2/h3-11,17,21H,12H2,1-2H3. The number of aryl methyl sites for hydroxylation is 1. The summed E-state index contributed by atoms with van der Waals surface area (Å²) < 4.78 is 18.3. The van der Waals surface area contributed by atoms with Gasteiger partial charge in [0.05, 0.1) is 18.8 Å². The van der Waals surface area contributed by atoms with Crippen molar-refractivity contribution in [2.75, 3.05) is 13.7 Å². The third-order valence-corrected chi connectivity index (χ3v) is 4.04. The molecule has 124 valence electrons. The zero-order valence-electron chi connectivity index (χ0n) is 13.6. The van der Waals surface area contributed by atoms with Crippen molar-refractivity contribution in [3.05, 3.63) is 77.1 Å². The Hall–Kier alpha value is -2.66. The van der Waals surface area contributed by atoms with E-state index in [1.165, 1.54) is 13.2 Å². The second-order valence-corrected chi connectivity index (χ2v) is 5.70. The van der Waals surface area contributed by atoms with Gasteiger partial charge >= 0.3 is 5.97 Å². The highest BCUT2D eigenvalue weighted by atomic mass is 19.1. The molecule has 1 unspecified atom stereocenters. The number of hydrogen-bond acceptors (Lipinski definition) is 4. The topological polar surface area (TPSA) is 41.6 Å². The van der Waals surface area contributed by atoms with E-state index in [2.05, 4.69) is 5.43 Å². The van der Waals surface area contributed by atoms with Gasteiger partial charge in [0, 0.05) is 0 Å². The molecule has 3 rings (SSSR count). The maximum atomic E-state index is 13.5. The molecular formula is C19H19FN2O2. The highest BCUT2D eigenvalue weighted by Gasteiger charge is 2.27. The van der Waals surface area contributed by atoms with E-state index in [0.717, 1.165) is 16.8 Å². The smallest absolute Gasteiger partial charge is 0.326 e. The van der Waals surface area contributed by atoms with E-state index in [-0.39, 0.29) is 24.4 Å².